The minimum atomic E-state index is -0.483. The first-order valence-electron chi connectivity index (χ1n) is 10.1. The van der Waals surface area contributed by atoms with E-state index in [0.717, 1.165) is 0 Å². The van der Waals surface area contributed by atoms with Crippen LogP contribution in [0.1, 0.15) is 50.0 Å². The van der Waals surface area contributed by atoms with E-state index in [1.807, 2.05) is 13.0 Å². The number of unbranched alkanes of at least 4 members (excludes halogenated alkanes) is 2. The lowest BCUT2D eigenvalue weighted by molar-refractivity contribution is 0.536. The second-order valence-electron chi connectivity index (χ2n) is 7.08. The molecule has 164 valence electrons. The van der Waals surface area contributed by atoms with Gasteiger partial charge in [-0.25, -0.2) is 4.98 Å². The van der Waals surface area contributed by atoms with Gasteiger partial charge in [-0.05, 0) is 31.4 Å². The van der Waals surface area contributed by atoms with Gasteiger partial charge >= 0.3 is 0 Å². The molecule has 3 rings (SSSR count). The summed E-state index contributed by atoms with van der Waals surface area (Å²) in [7, 11) is 0. The van der Waals surface area contributed by atoms with E-state index in [-0.39, 0.29) is 28.7 Å². The SMILES string of the molecule is CCC(Nc1nc(N)nc(N)c1C#N)c1nc2cccc(Cl)c2c(=O)n1CCCCC#N. The van der Waals surface area contributed by atoms with E-state index in [2.05, 4.69) is 21.4 Å². The Labute approximate surface area is 189 Å². The van der Waals surface area contributed by atoms with Gasteiger partial charge in [-0.15, -0.1) is 0 Å². The minimum Gasteiger partial charge on any atom is -0.382 e. The van der Waals surface area contributed by atoms with Gasteiger partial charge in [0.25, 0.3) is 5.56 Å². The second-order valence-corrected chi connectivity index (χ2v) is 7.49. The number of aromatic nitrogens is 4. The highest BCUT2D eigenvalue weighted by Crippen LogP contribution is 2.27. The highest BCUT2D eigenvalue weighted by atomic mass is 35.5. The van der Waals surface area contributed by atoms with Crippen LogP contribution in [0.4, 0.5) is 17.6 Å². The van der Waals surface area contributed by atoms with E-state index in [0.29, 0.717) is 54.0 Å². The van der Waals surface area contributed by atoms with E-state index >= 15 is 0 Å². The summed E-state index contributed by atoms with van der Waals surface area (Å²) in [6.07, 6.45) is 2.17. The number of nitrogens with two attached hydrogens (primary N) is 2. The summed E-state index contributed by atoms with van der Waals surface area (Å²) in [5.74, 6) is 0.514. The maximum Gasteiger partial charge on any atom is 0.262 e. The molecule has 0 aliphatic carbocycles. The lowest BCUT2D eigenvalue weighted by Gasteiger charge is -2.23. The fourth-order valence-electron chi connectivity index (χ4n) is 3.42. The van der Waals surface area contributed by atoms with Crippen LogP contribution in [0, 0.1) is 22.7 Å². The summed E-state index contributed by atoms with van der Waals surface area (Å²) in [4.78, 5) is 26.0. The van der Waals surface area contributed by atoms with E-state index in [9.17, 15) is 10.1 Å². The molecule has 2 heterocycles. The molecular weight excluding hydrogens is 430 g/mol. The molecule has 1 aromatic carbocycles. The maximum atomic E-state index is 13.4. The molecular formula is C21H22ClN9O. The summed E-state index contributed by atoms with van der Waals surface area (Å²) < 4.78 is 1.56. The molecule has 2 aromatic heterocycles. The number of nitrogens with zero attached hydrogens (tertiary/aromatic N) is 6. The van der Waals surface area contributed by atoms with E-state index in [4.69, 9.17) is 33.3 Å². The molecule has 3 aromatic rings. The highest BCUT2D eigenvalue weighted by molar-refractivity contribution is 6.35. The standard InChI is InChI=1S/C21H22ClN9O/c1-2-14(27-18-12(11-24)17(25)29-21(26)30-18)19-28-15-8-6-7-13(22)16(15)20(32)31(19)10-5-3-4-9-23/h6-8,14H,2-5,10H2,1H3,(H5,25,26,27,29,30). The number of rotatable bonds is 8. The zero-order valence-corrected chi connectivity index (χ0v) is 18.2. The molecule has 0 spiro atoms. The first-order chi connectivity index (χ1) is 15.4. The summed E-state index contributed by atoms with van der Waals surface area (Å²) in [6, 6.07) is 8.70. The van der Waals surface area contributed by atoms with Gasteiger partial charge in [0.2, 0.25) is 5.95 Å². The molecule has 5 N–H and O–H groups in total. The average Bonchev–Trinajstić information content (AvgIpc) is 2.75. The van der Waals surface area contributed by atoms with E-state index in [1.54, 1.807) is 22.8 Å². The van der Waals surface area contributed by atoms with Crippen molar-refractivity contribution in [1.82, 2.24) is 19.5 Å². The van der Waals surface area contributed by atoms with Gasteiger partial charge in [0.15, 0.2) is 5.82 Å². The number of nitrogen functional groups attached to an aromatic ring is 2. The smallest absolute Gasteiger partial charge is 0.262 e. The molecule has 0 radical (unpaired) electrons. The van der Waals surface area contributed by atoms with Crippen molar-refractivity contribution in [2.45, 2.75) is 45.2 Å². The third-order valence-corrected chi connectivity index (χ3v) is 5.29. The number of anilines is 3. The van der Waals surface area contributed by atoms with E-state index in [1.165, 1.54) is 0 Å². The largest absolute Gasteiger partial charge is 0.382 e. The zero-order chi connectivity index (χ0) is 23.3. The Morgan fingerprint density at radius 2 is 2.00 bits per heavy atom. The normalized spacial score (nSPS) is 11.6. The van der Waals surface area contributed by atoms with Crippen molar-refractivity contribution >= 4 is 40.1 Å². The average molecular weight is 452 g/mol. The van der Waals surface area contributed by atoms with Gasteiger partial charge in [-0.2, -0.15) is 20.5 Å². The van der Waals surface area contributed by atoms with Crippen molar-refractivity contribution in [1.29, 1.82) is 10.5 Å². The number of hydrogen-bond donors (Lipinski definition) is 3. The minimum absolute atomic E-state index is 0.0375. The van der Waals surface area contributed by atoms with Crippen molar-refractivity contribution in [3.63, 3.8) is 0 Å². The van der Waals surface area contributed by atoms with Crippen LogP contribution in [0.2, 0.25) is 5.02 Å². The molecule has 0 bridgehead atoms. The molecule has 0 amide bonds. The summed E-state index contributed by atoms with van der Waals surface area (Å²) in [5.41, 5.74) is 11.8. The van der Waals surface area contributed by atoms with Crippen molar-refractivity contribution in [3.05, 3.63) is 45.0 Å². The first-order valence-corrected chi connectivity index (χ1v) is 10.4. The molecule has 1 atom stereocenters. The van der Waals surface area contributed by atoms with Crippen molar-refractivity contribution in [2.24, 2.45) is 0 Å². The van der Waals surface area contributed by atoms with Crippen molar-refractivity contribution in [2.75, 3.05) is 16.8 Å². The van der Waals surface area contributed by atoms with Crippen LogP contribution in [0.5, 0.6) is 0 Å². The van der Waals surface area contributed by atoms with Gasteiger partial charge in [0.05, 0.1) is 28.0 Å². The zero-order valence-electron chi connectivity index (χ0n) is 17.5. The molecule has 11 heteroatoms. The van der Waals surface area contributed by atoms with Crippen LogP contribution in [0.15, 0.2) is 23.0 Å². The van der Waals surface area contributed by atoms with Crippen LogP contribution < -0.4 is 22.3 Å². The highest BCUT2D eigenvalue weighted by Gasteiger charge is 2.22. The lowest BCUT2D eigenvalue weighted by atomic mass is 10.1. The number of hydrogen-bond acceptors (Lipinski definition) is 9. The van der Waals surface area contributed by atoms with Crippen LogP contribution >= 0.6 is 11.6 Å². The molecule has 10 nitrogen and oxygen atoms in total. The predicted octanol–water partition coefficient (Wildman–Crippen LogP) is 3.13. The predicted molar refractivity (Wildman–Crippen MR) is 123 cm³/mol. The second kappa shape index (κ2) is 9.94. The summed E-state index contributed by atoms with van der Waals surface area (Å²) >= 11 is 6.30. The van der Waals surface area contributed by atoms with Gasteiger partial charge in [0.1, 0.15) is 23.3 Å². The summed E-state index contributed by atoms with van der Waals surface area (Å²) in [5, 5.41) is 22.1. The van der Waals surface area contributed by atoms with Gasteiger partial charge in [-0.1, -0.05) is 24.6 Å². The molecule has 0 fully saturated rings. The Kier molecular flexibility index (Phi) is 7.08. The van der Waals surface area contributed by atoms with Gasteiger partial charge in [-0.3, -0.25) is 9.36 Å². The Bertz CT molecular complexity index is 1290. The van der Waals surface area contributed by atoms with Crippen LogP contribution in [-0.2, 0) is 6.54 Å². The Morgan fingerprint density at radius 3 is 2.69 bits per heavy atom. The van der Waals surface area contributed by atoms with Crippen LogP contribution in [0.3, 0.4) is 0 Å². The first kappa shape index (κ1) is 22.8. The number of halogens is 1. The Hall–Kier alpha value is -3.89. The molecule has 0 saturated heterocycles. The van der Waals surface area contributed by atoms with E-state index < -0.39 is 6.04 Å². The number of nitriles is 2. The monoisotopic (exact) mass is 451 g/mol. The van der Waals surface area contributed by atoms with Crippen molar-refractivity contribution < 1.29 is 0 Å². The Morgan fingerprint density at radius 1 is 1.22 bits per heavy atom. The molecule has 0 aliphatic heterocycles. The quantitative estimate of drug-likeness (QED) is 0.434. The Balaban J connectivity index is 2.14. The fraction of sp³-hybridized carbons (Fsp3) is 0.333. The van der Waals surface area contributed by atoms with Gasteiger partial charge < -0.3 is 16.8 Å². The van der Waals surface area contributed by atoms with Gasteiger partial charge in [0, 0.05) is 13.0 Å². The fourth-order valence-corrected chi connectivity index (χ4v) is 3.67. The summed E-state index contributed by atoms with van der Waals surface area (Å²) in [6.45, 7) is 2.27. The molecule has 0 aliphatic rings. The third-order valence-electron chi connectivity index (χ3n) is 4.98. The van der Waals surface area contributed by atoms with Crippen molar-refractivity contribution in [3.8, 4) is 12.1 Å². The lowest BCUT2D eigenvalue weighted by Crippen LogP contribution is -2.30. The maximum absolute atomic E-state index is 13.4. The topological polar surface area (TPSA) is 172 Å². The number of nitrogens with one attached hydrogen (secondary N) is 1. The molecule has 32 heavy (non-hydrogen) atoms. The number of benzene rings is 1. The number of fused-ring (bicyclic) bond motifs is 1. The van der Waals surface area contributed by atoms with Crippen LogP contribution in [0.25, 0.3) is 10.9 Å². The third kappa shape index (κ3) is 4.56. The molecule has 1 unspecified atom stereocenters. The van der Waals surface area contributed by atoms with Crippen LogP contribution in [-0.4, -0.2) is 19.5 Å². The molecule has 0 saturated carbocycles.